The molecule has 31 heavy (non-hydrogen) atoms. The van der Waals surface area contributed by atoms with E-state index < -0.39 is 6.03 Å². The lowest BCUT2D eigenvalue weighted by Gasteiger charge is -2.08. The van der Waals surface area contributed by atoms with E-state index in [1.165, 1.54) is 0 Å². The molecule has 10 heteroatoms. The zero-order chi connectivity index (χ0) is 22.0. The van der Waals surface area contributed by atoms with Crippen LogP contribution in [0.2, 0.25) is 0 Å². The molecule has 0 unspecified atom stereocenters. The second-order valence-corrected chi connectivity index (χ2v) is 6.70. The zero-order valence-electron chi connectivity index (χ0n) is 16.6. The minimum Gasteiger partial charge on any atom is -0.398 e. The number of carbonyl (C=O) groups is 2. The van der Waals surface area contributed by atoms with Gasteiger partial charge in [0.1, 0.15) is 0 Å². The number of anilines is 5. The van der Waals surface area contributed by atoms with Crippen molar-refractivity contribution in [3.05, 3.63) is 66.2 Å². The highest BCUT2D eigenvalue weighted by molar-refractivity contribution is 5.98. The normalized spacial score (nSPS) is 10.6. The Bertz CT molecular complexity index is 1280. The van der Waals surface area contributed by atoms with Crippen LogP contribution < -0.4 is 27.4 Å². The molecule has 0 aliphatic rings. The number of fused-ring (bicyclic) bond motifs is 1. The molecule has 0 atom stereocenters. The average Bonchev–Trinajstić information content (AvgIpc) is 3.14. The number of nitrogens with zero attached hydrogens (tertiary/aromatic N) is 3. The van der Waals surface area contributed by atoms with Crippen LogP contribution in [-0.4, -0.2) is 33.8 Å². The maximum absolute atomic E-state index is 12.6. The van der Waals surface area contributed by atoms with E-state index in [1.807, 2.05) is 30.3 Å². The first kappa shape index (κ1) is 19.7. The van der Waals surface area contributed by atoms with Gasteiger partial charge in [-0.25, -0.2) is 4.79 Å². The van der Waals surface area contributed by atoms with E-state index in [-0.39, 0.29) is 17.8 Å². The molecule has 7 N–H and O–H groups in total. The largest absolute Gasteiger partial charge is 0.398 e. The minimum atomic E-state index is -0.559. The number of hydrogen-bond acceptors (Lipinski definition) is 7. The predicted octanol–water partition coefficient (Wildman–Crippen LogP) is 2.78. The molecular weight excluding hydrogens is 396 g/mol. The highest BCUT2D eigenvalue weighted by Gasteiger charge is 2.15. The second kappa shape index (κ2) is 8.03. The maximum Gasteiger partial charge on any atom is 0.349 e. The quantitative estimate of drug-likeness (QED) is 0.321. The minimum absolute atomic E-state index is 0.0768. The van der Waals surface area contributed by atoms with Gasteiger partial charge in [0.05, 0.1) is 0 Å². The summed E-state index contributed by atoms with van der Waals surface area (Å²) in [5.74, 6) is -0.120. The summed E-state index contributed by atoms with van der Waals surface area (Å²) in [4.78, 5) is 28.3. The standard InChI is InChI=1S/C21H20N8O2/c1-24-18(30)12-5-7-14(8-6-12)25-20-27-19(23)29(28-20)21(31)26-15-9-10-16-13(11-15)3-2-4-17(16)22/h2-11H,22H2,1H3,(H,24,30)(H,26,31)(H3,23,25,27,28). The summed E-state index contributed by atoms with van der Waals surface area (Å²) in [6.07, 6.45) is 0. The van der Waals surface area contributed by atoms with Gasteiger partial charge in [0.15, 0.2) is 0 Å². The molecule has 0 aliphatic carbocycles. The molecule has 0 saturated heterocycles. The van der Waals surface area contributed by atoms with E-state index in [4.69, 9.17) is 11.5 Å². The number of rotatable bonds is 4. The number of benzene rings is 3. The Hall–Kier alpha value is -4.60. The third kappa shape index (κ3) is 4.08. The molecule has 0 bridgehead atoms. The summed E-state index contributed by atoms with van der Waals surface area (Å²) in [5, 5.41) is 14.1. The zero-order valence-corrected chi connectivity index (χ0v) is 16.6. The van der Waals surface area contributed by atoms with Crippen LogP contribution in [-0.2, 0) is 0 Å². The topological polar surface area (TPSA) is 153 Å². The van der Waals surface area contributed by atoms with Crippen molar-refractivity contribution >= 4 is 51.7 Å². The van der Waals surface area contributed by atoms with E-state index in [0.29, 0.717) is 22.6 Å². The van der Waals surface area contributed by atoms with Gasteiger partial charge in [-0.3, -0.25) is 4.79 Å². The summed E-state index contributed by atoms with van der Waals surface area (Å²) >= 11 is 0. The third-order valence-electron chi connectivity index (χ3n) is 4.62. The number of amides is 2. The molecule has 0 spiro atoms. The van der Waals surface area contributed by atoms with Gasteiger partial charge in [-0.05, 0) is 47.9 Å². The molecule has 10 nitrogen and oxygen atoms in total. The van der Waals surface area contributed by atoms with Gasteiger partial charge >= 0.3 is 6.03 Å². The Morgan fingerprint density at radius 2 is 1.71 bits per heavy atom. The fourth-order valence-electron chi connectivity index (χ4n) is 3.07. The fourth-order valence-corrected chi connectivity index (χ4v) is 3.07. The van der Waals surface area contributed by atoms with E-state index >= 15 is 0 Å². The Kier molecular flexibility index (Phi) is 5.10. The van der Waals surface area contributed by atoms with Gasteiger partial charge in [0.2, 0.25) is 11.9 Å². The van der Waals surface area contributed by atoms with Crippen molar-refractivity contribution in [2.75, 3.05) is 29.1 Å². The Morgan fingerprint density at radius 3 is 2.45 bits per heavy atom. The van der Waals surface area contributed by atoms with Crippen LogP contribution in [0.4, 0.5) is 33.8 Å². The Labute approximate surface area is 177 Å². The van der Waals surface area contributed by atoms with E-state index in [9.17, 15) is 9.59 Å². The summed E-state index contributed by atoms with van der Waals surface area (Å²) in [7, 11) is 1.56. The lowest BCUT2D eigenvalue weighted by molar-refractivity contribution is 0.0963. The highest BCUT2D eigenvalue weighted by Crippen LogP contribution is 2.24. The molecule has 0 radical (unpaired) electrons. The summed E-state index contributed by atoms with van der Waals surface area (Å²) in [5.41, 5.74) is 14.2. The van der Waals surface area contributed by atoms with Gasteiger partial charge in [0.25, 0.3) is 5.91 Å². The molecule has 156 valence electrons. The van der Waals surface area contributed by atoms with Crippen molar-refractivity contribution in [1.82, 2.24) is 20.1 Å². The SMILES string of the molecule is CNC(=O)c1ccc(Nc2nc(N)n(C(=O)Nc3ccc4c(N)cccc4c3)n2)cc1. The van der Waals surface area contributed by atoms with Crippen LogP contribution in [0, 0.1) is 0 Å². The number of nitrogens with one attached hydrogen (secondary N) is 3. The van der Waals surface area contributed by atoms with E-state index in [0.717, 1.165) is 15.5 Å². The van der Waals surface area contributed by atoms with Crippen LogP contribution in [0.1, 0.15) is 10.4 Å². The molecule has 4 rings (SSSR count). The van der Waals surface area contributed by atoms with Crippen LogP contribution in [0.15, 0.2) is 60.7 Å². The number of nitrogen functional groups attached to an aromatic ring is 2. The fraction of sp³-hybridized carbons (Fsp3) is 0.0476. The monoisotopic (exact) mass is 416 g/mol. The van der Waals surface area contributed by atoms with Crippen molar-refractivity contribution < 1.29 is 9.59 Å². The molecule has 3 aromatic carbocycles. The average molecular weight is 416 g/mol. The molecule has 1 aromatic heterocycles. The number of aromatic nitrogens is 3. The van der Waals surface area contributed by atoms with Crippen LogP contribution in [0.5, 0.6) is 0 Å². The lowest BCUT2D eigenvalue weighted by Crippen LogP contribution is -2.22. The van der Waals surface area contributed by atoms with E-state index in [2.05, 4.69) is 26.0 Å². The molecule has 0 fully saturated rings. The van der Waals surface area contributed by atoms with Crippen molar-refractivity contribution in [2.45, 2.75) is 0 Å². The number of nitrogens with two attached hydrogens (primary N) is 2. The molecular formula is C21H20N8O2. The van der Waals surface area contributed by atoms with Gasteiger partial charge in [0, 0.05) is 35.1 Å². The van der Waals surface area contributed by atoms with Crippen molar-refractivity contribution in [3.8, 4) is 0 Å². The van der Waals surface area contributed by atoms with Gasteiger partial charge < -0.3 is 27.4 Å². The smallest absolute Gasteiger partial charge is 0.349 e. The van der Waals surface area contributed by atoms with Crippen LogP contribution >= 0.6 is 0 Å². The maximum atomic E-state index is 12.6. The molecule has 0 aliphatic heterocycles. The summed E-state index contributed by atoms with van der Waals surface area (Å²) < 4.78 is 0.963. The van der Waals surface area contributed by atoms with Crippen molar-refractivity contribution in [2.24, 2.45) is 0 Å². The second-order valence-electron chi connectivity index (χ2n) is 6.70. The molecule has 4 aromatic rings. The number of carbonyl (C=O) groups excluding carboxylic acids is 2. The summed E-state index contributed by atoms with van der Waals surface area (Å²) in [6, 6.07) is 17.1. The first-order valence-corrected chi connectivity index (χ1v) is 9.36. The first-order valence-electron chi connectivity index (χ1n) is 9.36. The molecule has 0 saturated carbocycles. The van der Waals surface area contributed by atoms with Crippen LogP contribution in [0.25, 0.3) is 10.8 Å². The van der Waals surface area contributed by atoms with Crippen molar-refractivity contribution in [1.29, 1.82) is 0 Å². The van der Waals surface area contributed by atoms with Crippen molar-refractivity contribution in [3.63, 3.8) is 0 Å². The third-order valence-corrected chi connectivity index (χ3v) is 4.62. The Morgan fingerprint density at radius 1 is 0.968 bits per heavy atom. The predicted molar refractivity (Wildman–Crippen MR) is 120 cm³/mol. The summed E-state index contributed by atoms with van der Waals surface area (Å²) in [6.45, 7) is 0. The van der Waals surface area contributed by atoms with Gasteiger partial charge in [-0.2, -0.15) is 4.98 Å². The lowest BCUT2D eigenvalue weighted by atomic mass is 10.1. The van der Waals surface area contributed by atoms with Gasteiger partial charge in [-0.1, -0.05) is 18.2 Å². The van der Waals surface area contributed by atoms with Gasteiger partial charge in [-0.15, -0.1) is 9.78 Å². The van der Waals surface area contributed by atoms with Crippen LogP contribution in [0.3, 0.4) is 0 Å². The van der Waals surface area contributed by atoms with E-state index in [1.54, 1.807) is 37.4 Å². The number of hydrogen-bond donors (Lipinski definition) is 5. The Balaban J connectivity index is 1.49. The highest BCUT2D eigenvalue weighted by atomic mass is 16.2. The first-order chi connectivity index (χ1) is 14.9. The molecule has 2 amide bonds. The molecule has 1 heterocycles.